The Kier molecular flexibility index (Phi) is 4.60. The molecule has 2 atom stereocenters. The normalized spacial score (nSPS) is 15.5. The fourth-order valence-corrected chi connectivity index (χ4v) is 0.512. The summed E-state index contributed by atoms with van der Waals surface area (Å²) >= 11 is 0. The van der Waals surface area contributed by atoms with Crippen molar-refractivity contribution in [3.8, 4) is 0 Å². The van der Waals surface area contributed by atoms with Gasteiger partial charge in [-0.15, -0.1) is 0 Å². The summed E-state index contributed by atoms with van der Waals surface area (Å²) in [6.07, 6.45) is -3.12. The van der Waals surface area contributed by atoms with Crippen LogP contribution in [0, 0.1) is 0 Å². The second-order valence-electron chi connectivity index (χ2n) is 2.11. The van der Waals surface area contributed by atoms with Gasteiger partial charge in [0.2, 0.25) is 0 Å². The van der Waals surface area contributed by atoms with Crippen LogP contribution in [-0.2, 0) is 9.59 Å². The molecule has 0 saturated heterocycles. The first-order valence-corrected chi connectivity index (χ1v) is 3.06. The fraction of sp³-hybridized carbons (Fsp3) is 0.667. The number of ketones is 1. The molecule has 64 valence electrons. The number of aldehydes is 1. The number of carbonyl (C=O) groups is 2. The molecule has 3 N–H and O–H groups in total. The van der Waals surface area contributed by atoms with Crippen LogP contribution in [0.25, 0.3) is 0 Å². The lowest BCUT2D eigenvalue weighted by Gasteiger charge is -2.12. The van der Waals surface area contributed by atoms with E-state index >= 15 is 0 Å². The van der Waals surface area contributed by atoms with Gasteiger partial charge in [-0.25, -0.2) is 0 Å². The number of carbonyl (C=O) groups excluding carboxylic acids is 2. The lowest BCUT2D eigenvalue weighted by molar-refractivity contribution is -0.132. The molecule has 0 rings (SSSR count). The van der Waals surface area contributed by atoms with Crippen LogP contribution >= 0.6 is 0 Å². The van der Waals surface area contributed by atoms with Gasteiger partial charge in [-0.2, -0.15) is 0 Å². The van der Waals surface area contributed by atoms with Crippen LogP contribution in [0.5, 0.6) is 0 Å². The summed E-state index contributed by atoms with van der Waals surface area (Å²) < 4.78 is 0. The van der Waals surface area contributed by atoms with Crippen LogP contribution in [0.1, 0.15) is 6.42 Å². The van der Waals surface area contributed by atoms with Gasteiger partial charge < -0.3 is 15.3 Å². The number of hydrogen-bond acceptors (Lipinski definition) is 5. The molecule has 0 unspecified atom stereocenters. The molecular weight excluding hydrogens is 152 g/mol. The number of rotatable bonds is 5. The fourth-order valence-electron chi connectivity index (χ4n) is 0.512. The van der Waals surface area contributed by atoms with Crippen molar-refractivity contribution in [3.05, 3.63) is 0 Å². The van der Waals surface area contributed by atoms with Crippen LogP contribution in [-0.4, -0.2) is 46.2 Å². The summed E-state index contributed by atoms with van der Waals surface area (Å²) in [4.78, 5) is 20.1. The summed E-state index contributed by atoms with van der Waals surface area (Å²) in [5.41, 5.74) is 0. The Morgan fingerprint density at radius 3 is 2.27 bits per heavy atom. The van der Waals surface area contributed by atoms with E-state index in [1.807, 2.05) is 0 Å². The molecule has 5 nitrogen and oxygen atoms in total. The van der Waals surface area contributed by atoms with Crippen molar-refractivity contribution in [2.75, 3.05) is 6.61 Å². The van der Waals surface area contributed by atoms with E-state index < -0.39 is 31.0 Å². The molecule has 0 fully saturated rings. The standard InChI is InChI=1S/C6H10O5/c7-2-4(9)1-5(10)6(11)3-8/h2,5-6,8,10-11H,1,3H2/t5-,6+/m1/s1. The average Bonchev–Trinajstić information content (AvgIpc) is 2.02. The van der Waals surface area contributed by atoms with E-state index in [0.717, 1.165) is 0 Å². The number of aliphatic hydroxyl groups is 3. The molecule has 0 aromatic rings. The zero-order valence-corrected chi connectivity index (χ0v) is 5.80. The Bertz CT molecular complexity index is 144. The Morgan fingerprint density at radius 2 is 1.91 bits per heavy atom. The monoisotopic (exact) mass is 162 g/mol. The highest BCUT2D eigenvalue weighted by atomic mass is 16.4. The molecule has 0 aliphatic rings. The third-order valence-electron chi connectivity index (χ3n) is 1.17. The Hall–Kier alpha value is -0.780. The predicted octanol–water partition coefficient (Wildman–Crippen LogP) is -2.14. The van der Waals surface area contributed by atoms with E-state index in [0.29, 0.717) is 0 Å². The predicted molar refractivity (Wildman–Crippen MR) is 34.8 cm³/mol. The van der Waals surface area contributed by atoms with Gasteiger partial charge >= 0.3 is 0 Å². The van der Waals surface area contributed by atoms with Gasteiger partial charge in [-0.1, -0.05) is 0 Å². The molecule has 0 aromatic carbocycles. The minimum atomic E-state index is -1.36. The summed E-state index contributed by atoms with van der Waals surface area (Å²) in [7, 11) is 0. The molecule has 0 saturated carbocycles. The number of Topliss-reactive ketones (excluding diaryl/α,β-unsaturated/α-hetero) is 1. The highest BCUT2D eigenvalue weighted by molar-refractivity contribution is 6.25. The van der Waals surface area contributed by atoms with Crippen LogP contribution in [0.15, 0.2) is 0 Å². The molecule has 0 spiro atoms. The largest absolute Gasteiger partial charge is 0.394 e. The highest BCUT2D eigenvalue weighted by Gasteiger charge is 2.17. The van der Waals surface area contributed by atoms with E-state index in [4.69, 9.17) is 15.3 Å². The number of hydrogen-bond donors (Lipinski definition) is 3. The van der Waals surface area contributed by atoms with Crippen molar-refractivity contribution in [1.82, 2.24) is 0 Å². The van der Waals surface area contributed by atoms with Crippen LogP contribution in [0.4, 0.5) is 0 Å². The van der Waals surface area contributed by atoms with Crippen molar-refractivity contribution >= 4 is 12.1 Å². The summed E-state index contributed by atoms with van der Waals surface area (Å²) in [5.74, 6) is -0.801. The molecule has 0 radical (unpaired) electrons. The first-order valence-electron chi connectivity index (χ1n) is 3.06. The highest BCUT2D eigenvalue weighted by Crippen LogP contribution is 1.97. The zero-order chi connectivity index (χ0) is 8.85. The van der Waals surface area contributed by atoms with Crippen molar-refractivity contribution in [2.24, 2.45) is 0 Å². The zero-order valence-electron chi connectivity index (χ0n) is 5.80. The van der Waals surface area contributed by atoms with E-state index in [2.05, 4.69) is 0 Å². The van der Waals surface area contributed by atoms with Crippen LogP contribution in [0.2, 0.25) is 0 Å². The van der Waals surface area contributed by atoms with E-state index in [9.17, 15) is 9.59 Å². The lowest BCUT2D eigenvalue weighted by Crippen LogP contribution is -2.31. The van der Waals surface area contributed by atoms with E-state index in [1.165, 1.54) is 0 Å². The van der Waals surface area contributed by atoms with Crippen LogP contribution < -0.4 is 0 Å². The van der Waals surface area contributed by atoms with Gasteiger partial charge in [-0.3, -0.25) is 9.59 Å². The van der Waals surface area contributed by atoms with Crippen molar-refractivity contribution in [1.29, 1.82) is 0 Å². The summed E-state index contributed by atoms with van der Waals surface area (Å²) in [5, 5.41) is 25.8. The quantitative estimate of drug-likeness (QED) is 0.317. The van der Waals surface area contributed by atoms with Gasteiger partial charge in [0.1, 0.15) is 6.10 Å². The Labute approximate surface area is 63.3 Å². The first kappa shape index (κ1) is 10.2. The minimum absolute atomic E-state index is 0.0628. The second kappa shape index (κ2) is 4.95. The topological polar surface area (TPSA) is 94.8 Å². The molecule has 11 heavy (non-hydrogen) atoms. The van der Waals surface area contributed by atoms with E-state index in [1.54, 1.807) is 0 Å². The lowest BCUT2D eigenvalue weighted by atomic mass is 10.1. The van der Waals surface area contributed by atoms with Gasteiger partial charge in [0.05, 0.1) is 12.7 Å². The molecular formula is C6H10O5. The van der Waals surface area contributed by atoms with E-state index in [-0.39, 0.29) is 6.29 Å². The van der Waals surface area contributed by atoms with Crippen molar-refractivity contribution in [3.63, 3.8) is 0 Å². The maximum atomic E-state index is 10.3. The molecule has 0 aliphatic carbocycles. The van der Waals surface area contributed by atoms with Gasteiger partial charge in [-0.05, 0) is 0 Å². The SMILES string of the molecule is O=CC(=O)C[C@@H](O)[C@@H](O)CO. The van der Waals surface area contributed by atoms with Crippen LogP contribution in [0.3, 0.4) is 0 Å². The molecule has 0 amide bonds. The summed E-state index contributed by atoms with van der Waals surface area (Å²) in [6, 6.07) is 0. The maximum absolute atomic E-state index is 10.3. The Balaban J connectivity index is 3.76. The Morgan fingerprint density at radius 1 is 1.36 bits per heavy atom. The summed E-state index contributed by atoms with van der Waals surface area (Å²) in [6.45, 7) is -0.632. The molecule has 0 bridgehead atoms. The van der Waals surface area contributed by atoms with Crippen molar-refractivity contribution in [2.45, 2.75) is 18.6 Å². The van der Waals surface area contributed by atoms with Gasteiger partial charge in [0.15, 0.2) is 12.1 Å². The third-order valence-corrected chi connectivity index (χ3v) is 1.17. The van der Waals surface area contributed by atoms with Gasteiger partial charge in [0.25, 0.3) is 0 Å². The van der Waals surface area contributed by atoms with Crippen molar-refractivity contribution < 1.29 is 24.9 Å². The first-order chi connectivity index (χ1) is 5.11. The minimum Gasteiger partial charge on any atom is -0.394 e. The average molecular weight is 162 g/mol. The van der Waals surface area contributed by atoms with Gasteiger partial charge in [0, 0.05) is 6.42 Å². The molecule has 0 aromatic heterocycles. The second-order valence-corrected chi connectivity index (χ2v) is 2.11. The third kappa shape index (κ3) is 3.82. The maximum Gasteiger partial charge on any atom is 0.197 e. The molecule has 0 aliphatic heterocycles. The number of aliphatic hydroxyl groups excluding tert-OH is 3. The molecule has 0 heterocycles. The molecule has 5 heteroatoms. The smallest absolute Gasteiger partial charge is 0.197 e.